The van der Waals surface area contributed by atoms with Gasteiger partial charge in [-0.3, -0.25) is 4.79 Å². The lowest BCUT2D eigenvalue weighted by Crippen LogP contribution is -2.42. The fourth-order valence-electron chi connectivity index (χ4n) is 2.61. The lowest BCUT2D eigenvalue weighted by atomic mass is 9.97. The molecule has 1 saturated heterocycles. The second kappa shape index (κ2) is 6.57. The van der Waals surface area contributed by atoms with Gasteiger partial charge in [0.15, 0.2) is 0 Å². The number of nitrogens with zero attached hydrogens (tertiary/aromatic N) is 1. The number of likely N-dealkylation sites (tertiary alicyclic amines) is 1. The molecule has 1 aromatic rings. The Labute approximate surface area is 114 Å². The summed E-state index contributed by atoms with van der Waals surface area (Å²) in [4.78, 5) is 14.3. The zero-order valence-electron chi connectivity index (χ0n) is 11.2. The van der Waals surface area contributed by atoms with E-state index < -0.39 is 0 Å². The van der Waals surface area contributed by atoms with Gasteiger partial charge < -0.3 is 15.7 Å². The van der Waals surface area contributed by atoms with Gasteiger partial charge in [0, 0.05) is 19.6 Å². The molecule has 1 aromatic carbocycles. The molecule has 4 heteroatoms. The van der Waals surface area contributed by atoms with Crippen molar-refractivity contribution in [1.29, 1.82) is 0 Å². The number of nitrogens with two attached hydrogens (primary N) is 1. The van der Waals surface area contributed by atoms with E-state index in [4.69, 9.17) is 5.73 Å². The van der Waals surface area contributed by atoms with Crippen molar-refractivity contribution < 1.29 is 9.90 Å². The van der Waals surface area contributed by atoms with E-state index in [0.29, 0.717) is 13.0 Å². The molecule has 1 heterocycles. The average Bonchev–Trinajstić information content (AvgIpc) is 2.45. The van der Waals surface area contributed by atoms with E-state index in [1.165, 1.54) is 6.42 Å². The molecule has 0 spiro atoms. The first-order valence-electron chi connectivity index (χ1n) is 6.97. The van der Waals surface area contributed by atoms with Gasteiger partial charge in [0.1, 0.15) is 5.75 Å². The van der Waals surface area contributed by atoms with Crippen LogP contribution in [0, 0.1) is 5.92 Å². The molecule has 1 atom stereocenters. The highest BCUT2D eigenvalue weighted by Crippen LogP contribution is 2.18. The lowest BCUT2D eigenvalue weighted by molar-refractivity contribution is -0.136. The first kappa shape index (κ1) is 13.9. The Kier molecular flexibility index (Phi) is 4.80. The Bertz CT molecular complexity index is 428. The number of amides is 1. The first-order valence-corrected chi connectivity index (χ1v) is 6.97. The van der Waals surface area contributed by atoms with Gasteiger partial charge in [-0.05, 0) is 43.4 Å². The van der Waals surface area contributed by atoms with E-state index in [1.807, 2.05) is 11.0 Å². The van der Waals surface area contributed by atoms with Gasteiger partial charge in [-0.25, -0.2) is 0 Å². The van der Waals surface area contributed by atoms with Gasteiger partial charge in [-0.1, -0.05) is 12.1 Å². The van der Waals surface area contributed by atoms with Crippen molar-refractivity contribution in [2.45, 2.75) is 25.7 Å². The van der Waals surface area contributed by atoms with Crippen LogP contribution < -0.4 is 5.73 Å². The zero-order chi connectivity index (χ0) is 13.7. The summed E-state index contributed by atoms with van der Waals surface area (Å²) in [6.45, 7) is 2.07. The van der Waals surface area contributed by atoms with Gasteiger partial charge in [-0.15, -0.1) is 0 Å². The van der Waals surface area contributed by atoms with Crippen molar-refractivity contribution in [3.63, 3.8) is 0 Å². The smallest absolute Gasteiger partial charge is 0.227 e. The molecule has 0 saturated carbocycles. The summed E-state index contributed by atoms with van der Waals surface area (Å²) in [6, 6.07) is 7.05. The van der Waals surface area contributed by atoms with E-state index >= 15 is 0 Å². The maximum Gasteiger partial charge on any atom is 0.227 e. The molecule has 1 fully saturated rings. The Morgan fingerprint density at radius 3 is 2.68 bits per heavy atom. The second-order valence-electron chi connectivity index (χ2n) is 5.19. The number of aromatic hydroxyl groups is 1. The summed E-state index contributed by atoms with van der Waals surface area (Å²) in [5.74, 6) is 0.212. The Hall–Kier alpha value is -1.55. The summed E-state index contributed by atoms with van der Waals surface area (Å²) >= 11 is 0. The highest BCUT2D eigenvalue weighted by Gasteiger charge is 2.24. The Morgan fingerprint density at radius 1 is 1.32 bits per heavy atom. The highest BCUT2D eigenvalue weighted by atomic mass is 16.3. The summed E-state index contributed by atoms with van der Waals surface area (Å²) < 4.78 is 0. The average molecular weight is 262 g/mol. The number of carbonyl (C=O) groups excluding carboxylic acids is 1. The second-order valence-corrected chi connectivity index (χ2v) is 5.19. The molecule has 4 nitrogen and oxygen atoms in total. The summed E-state index contributed by atoms with van der Waals surface area (Å²) in [5.41, 5.74) is 6.72. The predicted molar refractivity (Wildman–Crippen MR) is 74.8 cm³/mol. The molecule has 19 heavy (non-hydrogen) atoms. The highest BCUT2D eigenvalue weighted by molar-refractivity contribution is 5.79. The minimum atomic E-state index is -0.181. The van der Waals surface area contributed by atoms with Crippen molar-refractivity contribution in [3.05, 3.63) is 29.8 Å². The summed E-state index contributed by atoms with van der Waals surface area (Å²) in [7, 11) is 0. The largest absolute Gasteiger partial charge is 0.508 e. The third kappa shape index (κ3) is 3.70. The maximum absolute atomic E-state index is 12.4. The SMILES string of the molecule is NCC(Cc1cccc(O)c1)C(=O)N1CCCCC1. The topological polar surface area (TPSA) is 66.6 Å². The molecule has 1 amide bonds. The monoisotopic (exact) mass is 262 g/mol. The molecular weight excluding hydrogens is 240 g/mol. The van der Waals surface area contributed by atoms with E-state index in [9.17, 15) is 9.90 Å². The molecule has 0 bridgehead atoms. The zero-order valence-corrected chi connectivity index (χ0v) is 11.2. The van der Waals surface area contributed by atoms with E-state index in [2.05, 4.69) is 0 Å². The number of benzene rings is 1. The number of phenols is 1. The van der Waals surface area contributed by atoms with E-state index in [1.54, 1.807) is 18.2 Å². The van der Waals surface area contributed by atoms with Crippen LogP contribution in [0.3, 0.4) is 0 Å². The molecule has 1 aliphatic heterocycles. The number of phenolic OH excluding ortho intramolecular Hbond substituents is 1. The lowest BCUT2D eigenvalue weighted by Gasteiger charge is -2.30. The maximum atomic E-state index is 12.4. The van der Waals surface area contributed by atoms with Crippen molar-refractivity contribution in [3.8, 4) is 5.75 Å². The van der Waals surface area contributed by atoms with Gasteiger partial charge >= 0.3 is 0 Å². The Morgan fingerprint density at radius 2 is 2.05 bits per heavy atom. The van der Waals surface area contributed by atoms with Crippen LogP contribution in [0.5, 0.6) is 5.75 Å². The van der Waals surface area contributed by atoms with Crippen molar-refractivity contribution in [1.82, 2.24) is 4.90 Å². The number of piperidine rings is 1. The van der Waals surface area contributed by atoms with Crippen LogP contribution in [0.4, 0.5) is 0 Å². The van der Waals surface area contributed by atoms with Crippen LogP contribution in [0.1, 0.15) is 24.8 Å². The number of carbonyl (C=O) groups is 1. The fraction of sp³-hybridized carbons (Fsp3) is 0.533. The van der Waals surface area contributed by atoms with Gasteiger partial charge in [0.05, 0.1) is 5.92 Å². The first-order chi connectivity index (χ1) is 9.20. The third-order valence-electron chi connectivity index (χ3n) is 3.69. The standard InChI is InChI=1S/C15H22N2O2/c16-11-13(9-12-5-4-6-14(18)10-12)15(19)17-7-2-1-3-8-17/h4-6,10,13,18H,1-3,7-9,11,16H2. The van der Waals surface area contributed by atoms with Crippen molar-refractivity contribution in [2.75, 3.05) is 19.6 Å². The molecule has 0 radical (unpaired) electrons. The van der Waals surface area contributed by atoms with Crippen LogP contribution in [-0.2, 0) is 11.2 Å². The molecule has 104 valence electrons. The fourth-order valence-corrected chi connectivity index (χ4v) is 2.61. The predicted octanol–water partition coefficient (Wildman–Crippen LogP) is 1.52. The normalized spacial score (nSPS) is 17.2. The quantitative estimate of drug-likeness (QED) is 0.864. The summed E-state index contributed by atoms with van der Waals surface area (Å²) in [6.07, 6.45) is 3.99. The van der Waals surface area contributed by atoms with E-state index in [0.717, 1.165) is 31.5 Å². The van der Waals surface area contributed by atoms with Gasteiger partial charge in [-0.2, -0.15) is 0 Å². The minimum absolute atomic E-state index is 0.158. The van der Waals surface area contributed by atoms with Crippen LogP contribution in [0.15, 0.2) is 24.3 Å². The van der Waals surface area contributed by atoms with E-state index in [-0.39, 0.29) is 17.6 Å². The molecule has 1 aliphatic rings. The van der Waals surface area contributed by atoms with Crippen molar-refractivity contribution >= 4 is 5.91 Å². The minimum Gasteiger partial charge on any atom is -0.508 e. The third-order valence-corrected chi connectivity index (χ3v) is 3.69. The van der Waals surface area contributed by atoms with Crippen LogP contribution in [0.25, 0.3) is 0 Å². The number of hydrogen-bond acceptors (Lipinski definition) is 3. The van der Waals surface area contributed by atoms with Crippen LogP contribution >= 0.6 is 0 Å². The number of rotatable bonds is 4. The van der Waals surface area contributed by atoms with Crippen molar-refractivity contribution in [2.24, 2.45) is 11.7 Å². The van der Waals surface area contributed by atoms with Crippen LogP contribution in [0.2, 0.25) is 0 Å². The molecule has 2 rings (SSSR count). The van der Waals surface area contributed by atoms with Gasteiger partial charge in [0.2, 0.25) is 5.91 Å². The Balaban J connectivity index is 2.00. The number of hydrogen-bond donors (Lipinski definition) is 2. The van der Waals surface area contributed by atoms with Gasteiger partial charge in [0.25, 0.3) is 0 Å². The molecule has 0 aromatic heterocycles. The molecule has 0 aliphatic carbocycles. The van der Waals surface area contributed by atoms with Crippen LogP contribution in [-0.4, -0.2) is 35.5 Å². The summed E-state index contributed by atoms with van der Waals surface area (Å²) in [5, 5.41) is 9.46. The molecule has 1 unspecified atom stereocenters. The molecular formula is C15H22N2O2. The molecule has 3 N–H and O–H groups in total.